The van der Waals surface area contributed by atoms with Crippen LogP contribution in [0.25, 0.3) is 0 Å². The van der Waals surface area contributed by atoms with Gasteiger partial charge in [-0.05, 0) is 56.5 Å². The molecule has 0 aliphatic rings. The standard InChI is InChI=1S/C19H24ClN/c1-4-8-21-19(17-6-5-7-18(20)13-17)12-16-10-14(2)9-15(3)11-16/h5-7,9-11,13,19,21H,4,8,12H2,1-3H3. The van der Waals surface area contributed by atoms with E-state index in [1.54, 1.807) is 0 Å². The monoisotopic (exact) mass is 301 g/mol. The van der Waals surface area contributed by atoms with Gasteiger partial charge < -0.3 is 5.32 Å². The van der Waals surface area contributed by atoms with E-state index in [2.05, 4.69) is 56.4 Å². The molecule has 0 fully saturated rings. The molecule has 0 saturated heterocycles. The first-order valence-electron chi connectivity index (χ1n) is 7.64. The van der Waals surface area contributed by atoms with Gasteiger partial charge in [0.1, 0.15) is 0 Å². The Morgan fingerprint density at radius 3 is 2.38 bits per heavy atom. The summed E-state index contributed by atoms with van der Waals surface area (Å²) in [7, 11) is 0. The summed E-state index contributed by atoms with van der Waals surface area (Å²) in [6.07, 6.45) is 2.12. The van der Waals surface area contributed by atoms with Gasteiger partial charge in [-0.25, -0.2) is 0 Å². The summed E-state index contributed by atoms with van der Waals surface area (Å²) in [4.78, 5) is 0. The van der Waals surface area contributed by atoms with E-state index in [0.717, 1.165) is 24.4 Å². The van der Waals surface area contributed by atoms with Crippen molar-refractivity contribution in [2.45, 2.75) is 39.7 Å². The lowest BCUT2D eigenvalue weighted by Gasteiger charge is -2.20. The minimum Gasteiger partial charge on any atom is -0.310 e. The van der Waals surface area contributed by atoms with Crippen molar-refractivity contribution in [2.24, 2.45) is 0 Å². The van der Waals surface area contributed by atoms with Crippen molar-refractivity contribution in [3.63, 3.8) is 0 Å². The Morgan fingerprint density at radius 1 is 1.05 bits per heavy atom. The molecular weight excluding hydrogens is 278 g/mol. The smallest absolute Gasteiger partial charge is 0.0409 e. The largest absolute Gasteiger partial charge is 0.310 e. The molecule has 2 heteroatoms. The minimum atomic E-state index is 0.310. The molecule has 0 aliphatic carbocycles. The van der Waals surface area contributed by atoms with Gasteiger partial charge >= 0.3 is 0 Å². The minimum absolute atomic E-state index is 0.310. The van der Waals surface area contributed by atoms with Gasteiger partial charge in [-0.2, -0.15) is 0 Å². The molecule has 0 bridgehead atoms. The van der Waals surface area contributed by atoms with Gasteiger partial charge in [-0.3, -0.25) is 0 Å². The molecule has 2 aromatic rings. The Labute approximate surface area is 133 Å². The maximum atomic E-state index is 6.15. The topological polar surface area (TPSA) is 12.0 Å². The van der Waals surface area contributed by atoms with Crippen LogP contribution in [0.15, 0.2) is 42.5 Å². The van der Waals surface area contributed by atoms with Gasteiger partial charge in [0.05, 0.1) is 0 Å². The average Bonchev–Trinajstić information content (AvgIpc) is 2.42. The lowest BCUT2D eigenvalue weighted by molar-refractivity contribution is 0.529. The van der Waals surface area contributed by atoms with E-state index in [1.165, 1.54) is 22.3 Å². The third-order valence-electron chi connectivity index (χ3n) is 3.61. The molecule has 21 heavy (non-hydrogen) atoms. The number of nitrogens with one attached hydrogen (secondary N) is 1. The SMILES string of the molecule is CCCNC(Cc1cc(C)cc(C)c1)c1cccc(Cl)c1. The number of hydrogen-bond acceptors (Lipinski definition) is 1. The summed E-state index contributed by atoms with van der Waals surface area (Å²) in [6.45, 7) is 7.52. The van der Waals surface area contributed by atoms with Crippen LogP contribution >= 0.6 is 11.6 Å². The molecule has 0 radical (unpaired) electrons. The Kier molecular flexibility index (Phi) is 5.84. The fraction of sp³-hybridized carbons (Fsp3) is 0.368. The number of aryl methyl sites for hydroxylation is 2. The summed E-state index contributed by atoms with van der Waals surface area (Å²) in [5, 5.41) is 4.44. The van der Waals surface area contributed by atoms with Crippen molar-refractivity contribution < 1.29 is 0 Å². The molecule has 1 unspecified atom stereocenters. The third-order valence-corrected chi connectivity index (χ3v) is 3.85. The fourth-order valence-electron chi connectivity index (χ4n) is 2.77. The summed E-state index contributed by atoms with van der Waals surface area (Å²) in [6, 6.07) is 15.3. The molecule has 0 saturated carbocycles. The van der Waals surface area contributed by atoms with Crippen molar-refractivity contribution in [1.82, 2.24) is 5.32 Å². The van der Waals surface area contributed by atoms with Gasteiger partial charge in [0.2, 0.25) is 0 Å². The van der Waals surface area contributed by atoms with Crippen molar-refractivity contribution in [1.29, 1.82) is 0 Å². The zero-order valence-corrected chi connectivity index (χ0v) is 13.9. The van der Waals surface area contributed by atoms with Gasteiger partial charge in [-0.1, -0.05) is 60.0 Å². The lowest BCUT2D eigenvalue weighted by atomic mass is 9.96. The molecule has 0 amide bonds. The Morgan fingerprint density at radius 2 is 1.76 bits per heavy atom. The maximum Gasteiger partial charge on any atom is 0.0409 e. The van der Waals surface area contributed by atoms with Crippen molar-refractivity contribution in [3.05, 3.63) is 69.7 Å². The molecule has 1 atom stereocenters. The van der Waals surface area contributed by atoms with E-state index in [1.807, 2.05) is 12.1 Å². The highest BCUT2D eigenvalue weighted by Gasteiger charge is 2.12. The molecule has 2 rings (SSSR count). The fourth-order valence-corrected chi connectivity index (χ4v) is 2.97. The van der Waals surface area contributed by atoms with E-state index in [-0.39, 0.29) is 0 Å². The van der Waals surface area contributed by atoms with Gasteiger partial charge in [0.25, 0.3) is 0 Å². The van der Waals surface area contributed by atoms with E-state index in [9.17, 15) is 0 Å². The zero-order valence-electron chi connectivity index (χ0n) is 13.1. The highest BCUT2D eigenvalue weighted by atomic mass is 35.5. The van der Waals surface area contributed by atoms with Crippen molar-refractivity contribution in [2.75, 3.05) is 6.54 Å². The number of halogens is 1. The van der Waals surface area contributed by atoms with Crippen LogP contribution in [0.3, 0.4) is 0 Å². The van der Waals surface area contributed by atoms with Gasteiger partial charge in [0, 0.05) is 11.1 Å². The first-order valence-corrected chi connectivity index (χ1v) is 8.02. The second-order valence-corrected chi connectivity index (χ2v) is 6.20. The van der Waals surface area contributed by atoms with Gasteiger partial charge in [-0.15, -0.1) is 0 Å². The van der Waals surface area contributed by atoms with Crippen molar-refractivity contribution >= 4 is 11.6 Å². The van der Waals surface area contributed by atoms with Crippen LogP contribution in [0.5, 0.6) is 0 Å². The predicted molar refractivity (Wildman–Crippen MR) is 92.1 cm³/mol. The Hall–Kier alpha value is -1.31. The zero-order chi connectivity index (χ0) is 15.2. The quantitative estimate of drug-likeness (QED) is 0.769. The molecule has 1 N–H and O–H groups in total. The number of rotatable bonds is 6. The molecule has 2 aromatic carbocycles. The van der Waals surface area contributed by atoms with Crippen LogP contribution in [0.1, 0.15) is 41.6 Å². The van der Waals surface area contributed by atoms with Crippen LogP contribution in [0, 0.1) is 13.8 Å². The molecule has 1 nitrogen and oxygen atoms in total. The molecule has 0 aromatic heterocycles. The number of benzene rings is 2. The number of hydrogen-bond donors (Lipinski definition) is 1. The molecule has 0 spiro atoms. The van der Waals surface area contributed by atoms with E-state index < -0.39 is 0 Å². The normalized spacial score (nSPS) is 12.4. The van der Waals surface area contributed by atoms with Crippen LogP contribution in [0.2, 0.25) is 5.02 Å². The first kappa shape index (κ1) is 16.1. The summed E-state index contributed by atoms with van der Waals surface area (Å²) < 4.78 is 0. The van der Waals surface area contributed by atoms with E-state index in [0.29, 0.717) is 6.04 Å². The predicted octanol–water partition coefficient (Wildman–Crippen LogP) is 5.24. The van der Waals surface area contributed by atoms with Crippen LogP contribution in [0.4, 0.5) is 0 Å². The average molecular weight is 302 g/mol. The van der Waals surface area contributed by atoms with E-state index >= 15 is 0 Å². The third kappa shape index (κ3) is 4.87. The van der Waals surface area contributed by atoms with Crippen LogP contribution in [-0.4, -0.2) is 6.54 Å². The summed E-state index contributed by atoms with van der Waals surface area (Å²) >= 11 is 6.15. The molecule has 0 aliphatic heterocycles. The highest BCUT2D eigenvalue weighted by molar-refractivity contribution is 6.30. The Balaban J connectivity index is 2.23. The second kappa shape index (κ2) is 7.63. The lowest BCUT2D eigenvalue weighted by Crippen LogP contribution is -2.24. The summed E-state index contributed by atoms with van der Waals surface area (Å²) in [5.41, 5.74) is 5.28. The summed E-state index contributed by atoms with van der Waals surface area (Å²) in [5.74, 6) is 0. The Bertz CT molecular complexity index is 572. The van der Waals surface area contributed by atoms with Crippen LogP contribution < -0.4 is 5.32 Å². The van der Waals surface area contributed by atoms with Crippen LogP contribution in [-0.2, 0) is 6.42 Å². The van der Waals surface area contributed by atoms with Gasteiger partial charge in [0.15, 0.2) is 0 Å². The highest BCUT2D eigenvalue weighted by Crippen LogP contribution is 2.22. The first-order chi connectivity index (χ1) is 10.1. The molecule has 0 heterocycles. The van der Waals surface area contributed by atoms with E-state index in [4.69, 9.17) is 11.6 Å². The van der Waals surface area contributed by atoms with Crippen molar-refractivity contribution in [3.8, 4) is 0 Å². The second-order valence-electron chi connectivity index (χ2n) is 5.76. The molecule has 112 valence electrons. The molecular formula is C19H24ClN. The maximum absolute atomic E-state index is 6.15.